The lowest BCUT2D eigenvalue weighted by atomic mass is 9.92. The standard InChI is InChI=1S/C26H33N3O2/c1-17(2)20-8-7-9-21(18(3)4)25(20)28-24(30)16-29-14-12-19(13-15-29)26-27-22-10-5-6-11-23(22)31-26/h5-11,17-19H,12-16H2,1-4H3,(H,28,30). The van der Waals surface area contributed by atoms with E-state index in [-0.39, 0.29) is 5.91 Å². The molecule has 5 heteroatoms. The van der Waals surface area contributed by atoms with Crippen LogP contribution in [0, 0.1) is 0 Å². The Hall–Kier alpha value is -2.66. The number of carbonyl (C=O) groups is 1. The number of hydrogen-bond donors (Lipinski definition) is 1. The van der Waals surface area contributed by atoms with Gasteiger partial charge in [-0.25, -0.2) is 4.98 Å². The summed E-state index contributed by atoms with van der Waals surface area (Å²) in [7, 11) is 0. The molecule has 1 amide bonds. The van der Waals surface area contributed by atoms with Crippen LogP contribution in [0.15, 0.2) is 46.9 Å². The molecule has 5 nitrogen and oxygen atoms in total. The van der Waals surface area contributed by atoms with E-state index in [1.165, 1.54) is 11.1 Å². The molecule has 31 heavy (non-hydrogen) atoms. The van der Waals surface area contributed by atoms with E-state index >= 15 is 0 Å². The molecule has 0 atom stereocenters. The number of para-hydroxylation sites is 3. The summed E-state index contributed by atoms with van der Waals surface area (Å²) < 4.78 is 5.97. The Morgan fingerprint density at radius 3 is 2.29 bits per heavy atom. The molecule has 0 unspecified atom stereocenters. The van der Waals surface area contributed by atoms with Gasteiger partial charge in [0.25, 0.3) is 0 Å². The largest absolute Gasteiger partial charge is 0.440 e. The molecule has 1 aliphatic heterocycles. The Bertz CT molecular complexity index is 986. The molecule has 0 radical (unpaired) electrons. The van der Waals surface area contributed by atoms with Gasteiger partial charge in [-0.05, 0) is 61.0 Å². The van der Waals surface area contributed by atoms with Crippen LogP contribution < -0.4 is 5.32 Å². The molecule has 1 fully saturated rings. The fourth-order valence-corrected chi connectivity index (χ4v) is 4.48. The normalized spacial score (nSPS) is 15.8. The van der Waals surface area contributed by atoms with Crippen molar-refractivity contribution in [2.45, 2.75) is 58.3 Å². The van der Waals surface area contributed by atoms with Gasteiger partial charge in [0.05, 0.1) is 6.54 Å². The van der Waals surface area contributed by atoms with Gasteiger partial charge in [0, 0.05) is 11.6 Å². The minimum atomic E-state index is 0.0651. The van der Waals surface area contributed by atoms with Gasteiger partial charge in [0.1, 0.15) is 5.52 Å². The molecule has 2 aromatic carbocycles. The first-order valence-corrected chi connectivity index (χ1v) is 11.4. The highest BCUT2D eigenvalue weighted by Crippen LogP contribution is 2.33. The number of anilines is 1. The van der Waals surface area contributed by atoms with Crippen LogP contribution in [0.25, 0.3) is 11.1 Å². The lowest BCUT2D eigenvalue weighted by Crippen LogP contribution is -2.39. The first-order chi connectivity index (χ1) is 14.9. The number of rotatable bonds is 6. The quantitative estimate of drug-likeness (QED) is 0.541. The Morgan fingerprint density at radius 1 is 1.03 bits per heavy atom. The summed E-state index contributed by atoms with van der Waals surface area (Å²) in [5.41, 5.74) is 5.18. The number of oxazole rings is 1. The average Bonchev–Trinajstić information content (AvgIpc) is 3.18. The molecule has 1 saturated heterocycles. The summed E-state index contributed by atoms with van der Waals surface area (Å²) in [5.74, 6) is 1.94. The van der Waals surface area contributed by atoms with Crippen LogP contribution in [0.2, 0.25) is 0 Å². The topological polar surface area (TPSA) is 58.4 Å². The highest BCUT2D eigenvalue weighted by Gasteiger charge is 2.26. The van der Waals surface area contributed by atoms with E-state index in [0.29, 0.717) is 24.3 Å². The summed E-state index contributed by atoms with van der Waals surface area (Å²) in [6.45, 7) is 10.9. The van der Waals surface area contributed by atoms with Gasteiger partial charge in [-0.3, -0.25) is 9.69 Å². The number of likely N-dealkylation sites (tertiary alicyclic amines) is 1. The van der Waals surface area contributed by atoms with Crippen molar-refractivity contribution in [2.75, 3.05) is 25.0 Å². The smallest absolute Gasteiger partial charge is 0.238 e. The van der Waals surface area contributed by atoms with Crippen molar-refractivity contribution in [1.29, 1.82) is 0 Å². The zero-order chi connectivity index (χ0) is 22.0. The number of nitrogens with zero attached hydrogens (tertiary/aromatic N) is 2. The average molecular weight is 420 g/mol. The van der Waals surface area contributed by atoms with Crippen LogP contribution in [-0.4, -0.2) is 35.4 Å². The number of hydrogen-bond acceptors (Lipinski definition) is 4. The Morgan fingerprint density at radius 2 is 1.68 bits per heavy atom. The summed E-state index contributed by atoms with van der Waals surface area (Å²) in [6.07, 6.45) is 1.92. The van der Waals surface area contributed by atoms with Crippen LogP contribution >= 0.6 is 0 Å². The summed E-state index contributed by atoms with van der Waals surface area (Å²) in [5, 5.41) is 3.24. The third kappa shape index (κ3) is 4.82. The highest BCUT2D eigenvalue weighted by atomic mass is 16.3. The predicted molar refractivity (Wildman–Crippen MR) is 126 cm³/mol. The third-order valence-corrected chi connectivity index (χ3v) is 6.25. The molecule has 0 aliphatic carbocycles. The Kier molecular flexibility index (Phi) is 6.42. The second-order valence-electron chi connectivity index (χ2n) is 9.24. The van der Waals surface area contributed by atoms with Crippen LogP contribution in [0.4, 0.5) is 5.69 Å². The number of piperidine rings is 1. The zero-order valence-corrected chi connectivity index (χ0v) is 19.0. The van der Waals surface area contributed by atoms with E-state index in [4.69, 9.17) is 4.42 Å². The van der Waals surface area contributed by atoms with E-state index in [2.05, 4.69) is 61.1 Å². The molecule has 3 aromatic rings. The van der Waals surface area contributed by atoms with Gasteiger partial charge in [-0.2, -0.15) is 0 Å². The van der Waals surface area contributed by atoms with Gasteiger partial charge in [-0.15, -0.1) is 0 Å². The van der Waals surface area contributed by atoms with Gasteiger partial charge in [0.2, 0.25) is 5.91 Å². The van der Waals surface area contributed by atoms with Crippen molar-refractivity contribution < 1.29 is 9.21 Å². The number of amides is 1. The Labute approximate surface area is 184 Å². The second-order valence-corrected chi connectivity index (χ2v) is 9.24. The molecule has 1 aromatic heterocycles. The predicted octanol–water partition coefficient (Wildman–Crippen LogP) is 5.89. The van der Waals surface area contributed by atoms with Crippen molar-refractivity contribution in [3.63, 3.8) is 0 Å². The van der Waals surface area contributed by atoms with E-state index in [1.54, 1.807) is 0 Å². The van der Waals surface area contributed by atoms with Crippen molar-refractivity contribution in [3.8, 4) is 0 Å². The SMILES string of the molecule is CC(C)c1cccc(C(C)C)c1NC(=O)CN1CCC(c2nc3ccccc3o2)CC1. The van der Waals surface area contributed by atoms with E-state index in [9.17, 15) is 4.79 Å². The molecule has 164 valence electrons. The van der Waals surface area contributed by atoms with Crippen LogP contribution in [0.5, 0.6) is 0 Å². The van der Waals surface area contributed by atoms with Crippen molar-refractivity contribution >= 4 is 22.7 Å². The maximum Gasteiger partial charge on any atom is 0.238 e. The van der Waals surface area contributed by atoms with Gasteiger partial charge < -0.3 is 9.73 Å². The fourth-order valence-electron chi connectivity index (χ4n) is 4.48. The summed E-state index contributed by atoms with van der Waals surface area (Å²) in [6, 6.07) is 14.2. The number of carbonyl (C=O) groups excluding carboxylic acids is 1. The second kappa shape index (κ2) is 9.23. The maximum absolute atomic E-state index is 12.9. The maximum atomic E-state index is 12.9. The first kappa shape index (κ1) is 21.6. The number of aromatic nitrogens is 1. The molecule has 2 heterocycles. The van der Waals surface area contributed by atoms with Crippen molar-refractivity contribution in [2.24, 2.45) is 0 Å². The highest BCUT2D eigenvalue weighted by molar-refractivity contribution is 5.94. The number of benzene rings is 2. The lowest BCUT2D eigenvalue weighted by Gasteiger charge is -2.30. The lowest BCUT2D eigenvalue weighted by molar-refractivity contribution is -0.117. The van der Waals surface area contributed by atoms with Crippen molar-refractivity contribution in [3.05, 3.63) is 59.5 Å². The minimum Gasteiger partial charge on any atom is -0.440 e. The van der Waals surface area contributed by atoms with Crippen LogP contribution in [-0.2, 0) is 4.79 Å². The molecule has 1 aliphatic rings. The van der Waals surface area contributed by atoms with E-state index < -0.39 is 0 Å². The molecule has 0 bridgehead atoms. The third-order valence-electron chi connectivity index (χ3n) is 6.25. The summed E-state index contributed by atoms with van der Waals surface area (Å²) in [4.78, 5) is 19.8. The van der Waals surface area contributed by atoms with E-state index in [1.807, 2.05) is 24.3 Å². The molecular formula is C26H33N3O2. The van der Waals surface area contributed by atoms with Crippen LogP contribution in [0.1, 0.15) is 75.3 Å². The number of nitrogens with one attached hydrogen (secondary N) is 1. The molecule has 0 saturated carbocycles. The van der Waals surface area contributed by atoms with Gasteiger partial charge in [-0.1, -0.05) is 58.0 Å². The molecule has 4 rings (SSSR count). The zero-order valence-electron chi connectivity index (χ0n) is 19.0. The molecule has 0 spiro atoms. The van der Waals surface area contributed by atoms with Crippen LogP contribution in [0.3, 0.4) is 0 Å². The molecular weight excluding hydrogens is 386 g/mol. The summed E-state index contributed by atoms with van der Waals surface area (Å²) >= 11 is 0. The fraction of sp³-hybridized carbons (Fsp3) is 0.462. The Balaban J connectivity index is 1.37. The van der Waals surface area contributed by atoms with Gasteiger partial charge >= 0.3 is 0 Å². The first-order valence-electron chi connectivity index (χ1n) is 11.4. The van der Waals surface area contributed by atoms with E-state index in [0.717, 1.165) is 48.6 Å². The minimum absolute atomic E-state index is 0.0651. The number of fused-ring (bicyclic) bond motifs is 1. The van der Waals surface area contributed by atoms with Crippen molar-refractivity contribution in [1.82, 2.24) is 9.88 Å². The van der Waals surface area contributed by atoms with Gasteiger partial charge in [0.15, 0.2) is 11.5 Å². The molecule has 1 N–H and O–H groups in total. The monoisotopic (exact) mass is 419 g/mol.